The molecule has 1 aromatic heterocycles. The molecule has 1 aliphatic rings. The van der Waals surface area contributed by atoms with Crippen molar-refractivity contribution in [1.29, 1.82) is 0 Å². The fraction of sp³-hybridized carbons (Fsp3) is 0.727. The van der Waals surface area contributed by atoms with E-state index < -0.39 is 0 Å². The largest absolute Gasteiger partial charge is 0.448 e. The van der Waals surface area contributed by atoms with Crippen molar-refractivity contribution in [2.45, 2.75) is 32.9 Å². The van der Waals surface area contributed by atoms with Gasteiger partial charge in [-0.3, -0.25) is 4.90 Å². The molecule has 4 nitrogen and oxygen atoms in total. The first kappa shape index (κ1) is 10.6. The Morgan fingerprint density at radius 3 is 2.87 bits per heavy atom. The van der Waals surface area contributed by atoms with Crippen molar-refractivity contribution < 1.29 is 4.42 Å². The average molecular weight is 209 g/mol. The average Bonchev–Trinajstić information content (AvgIpc) is 2.49. The predicted molar refractivity (Wildman–Crippen MR) is 58.6 cm³/mol. The monoisotopic (exact) mass is 209 g/mol. The van der Waals surface area contributed by atoms with Crippen LogP contribution in [0.15, 0.2) is 10.8 Å². The van der Waals surface area contributed by atoms with Gasteiger partial charge in [0.2, 0.25) is 0 Å². The van der Waals surface area contributed by atoms with E-state index in [0.29, 0.717) is 6.04 Å². The van der Waals surface area contributed by atoms with Crippen LogP contribution in [0, 0.1) is 6.92 Å². The molecule has 0 atom stereocenters. The highest BCUT2D eigenvalue weighted by Gasteiger charge is 2.24. The third-order valence-corrected chi connectivity index (χ3v) is 2.98. The molecule has 0 radical (unpaired) electrons. The lowest BCUT2D eigenvalue weighted by Crippen LogP contribution is -2.57. The molecule has 0 aromatic carbocycles. The fourth-order valence-corrected chi connectivity index (χ4v) is 1.88. The van der Waals surface area contributed by atoms with Crippen LogP contribution < -0.4 is 5.32 Å². The highest BCUT2D eigenvalue weighted by atomic mass is 16.3. The number of hydrogen-bond acceptors (Lipinski definition) is 4. The van der Waals surface area contributed by atoms with Crippen molar-refractivity contribution in [3.63, 3.8) is 0 Å². The van der Waals surface area contributed by atoms with Gasteiger partial charge in [-0.2, -0.15) is 0 Å². The molecule has 1 aliphatic heterocycles. The maximum absolute atomic E-state index is 5.22. The number of nitrogens with zero attached hydrogens (tertiary/aromatic N) is 2. The van der Waals surface area contributed by atoms with Crippen LogP contribution in [-0.4, -0.2) is 35.6 Å². The molecule has 15 heavy (non-hydrogen) atoms. The van der Waals surface area contributed by atoms with Gasteiger partial charge in [-0.25, -0.2) is 4.98 Å². The first-order valence-corrected chi connectivity index (χ1v) is 5.65. The molecule has 1 N–H and O–H groups in total. The molecule has 1 fully saturated rings. The molecule has 84 valence electrons. The minimum absolute atomic E-state index is 0.682. The van der Waals surface area contributed by atoms with Crippen molar-refractivity contribution in [2.75, 3.05) is 19.6 Å². The molecule has 0 aliphatic carbocycles. The van der Waals surface area contributed by atoms with Gasteiger partial charge in [0.1, 0.15) is 5.76 Å². The normalized spacial score (nSPS) is 17.0. The van der Waals surface area contributed by atoms with E-state index in [1.54, 1.807) is 0 Å². The van der Waals surface area contributed by atoms with E-state index in [4.69, 9.17) is 4.42 Å². The molecule has 0 spiro atoms. The van der Waals surface area contributed by atoms with Crippen LogP contribution in [0.3, 0.4) is 0 Å². The Morgan fingerprint density at radius 1 is 1.60 bits per heavy atom. The molecule has 4 heteroatoms. The van der Waals surface area contributed by atoms with Crippen molar-refractivity contribution in [1.82, 2.24) is 15.2 Å². The van der Waals surface area contributed by atoms with Crippen LogP contribution in [0.1, 0.15) is 24.8 Å². The summed E-state index contributed by atoms with van der Waals surface area (Å²) in [4.78, 5) is 6.74. The van der Waals surface area contributed by atoms with Crippen LogP contribution >= 0.6 is 0 Å². The Morgan fingerprint density at radius 2 is 2.40 bits per heavy atom. The fourth-order valence-electron chi connectivity index (χ4n) is 1.88. The first-order chi connectivity index (χ1) is 7.31. The maximum atomic E-state index is 5.22. The van der Waals surface area contributed by atoms with E-state index >= 15 is 0 Å². The first-order valence-electron chi connectivity index (χ1n) is 5.65. The second-order valence-electron chi connectivity index (χ2n) is 4.14. The second kappa shape index (κ2) is 4.77. The molecule has 0 saturated carbocycles. The third-order valence-electron chi connectivity index (χ3n) is 2.98. The van der Waals surface area contributed by atoms with Crippen LogP contribution in [0.5, 0.6) is 0 Å². The van der Waals surface area contributed by atoms with Crippen molar-refractivity contribution in [3.05, 3.63) is 17.8 Å². The summed E-state index contributed by atoms with van der Waals surface area (Å²) in [5.74, 6) is 0.948. The van der Waals surface area contributed by atoms with Gasteiger partial charge in [0.05, 0.1) is 5.69 Å². The van der Waals surface area contributed by atoms with Crippen LogP contribution in [0.25, 0.3) is 0 Å². The quantitative estimate of drug-likeness (QED) is 0.790. The van der Waals surface area contributed by atoms with Crippen molar-refractivity contribution >= 4 is 0 Å². The van der Waals surface area contributed by atoms with Gasteiger partial charge < -0.3 is 9.73 Å². The zero-order valence-electron chi connectivity index (χ0n) is 9.49. The standard InChI is InChI=1S/C11H19N3O/c1-3-4-14(10-5-12-6-10)7-11-9(2)15-8-13-11/h8,10,12H,3-7H2,1-2H3. The molecule has 2 heterocycles. The smallest absolute Gasteiger partial charge is 0.181 e. The molecule has 0 amide bonds. The molecule has 0 unspecified atom stereocenters. The number of nitrogens with one attached hydrogen (secondary N) is 1. The van der Waals surface area contributed by atoms with Crippen molar-refractivity contribution in [3.8, 4) is 0 Å². The van der Waals surface area contributed by atoms with Gasteiger partial charge in [-0.15, -0.1) is 0 Å². The van der Waals surface area contributed by atoms with E-state index in [9.17, 15) is 0 Å². The minimum Gasteiger partial charge on any atom is -0.448 e. The molecule has 0 bridgehead atoms. The summed E-state index contributed by atoms with van der Waals surface area (Å²) in [6.45, 7) is 8.47. The van der Waals surface area contributed by atoms with E-state index in [-0.39, 0.29) is 0 Å². The Balaban J connectivity index is 1.96. The van der Waals surface area contributed by atoms with Crippen molar-refractivity contribution in [2.24, 2.45) is 0 Å². The van der Waals surface area contributed by atoms with Gasteiger partial charge in [0.25, 0.3) is 0 Å². The molecule has 1 saturated heterocycles. The van der Waals surface area contributed by atoms with Crippen LogP contribution in [-0.2, 0) is 6.54 Å². The number of rotatable bonds is 5. The molecular formula is C11H19N3O. The Hall–Kier alpha value is -0.870. The highest BCUT2D eigenvalue weighted by molar-refractivity contribution is 5.05. The van der Waals surface area contributed by atoms with E-state index in [2.05, 4.69) is 22.1 Å². The summed E-state index contributed by atoms with van der Waals surface area (Å²) in [5, 5.41) is 3.31. The summed E-state index contributed by atoms with van der Waals surface area (Å²) in [7, 11) is 0. The lowest BCUT2D eigenvalue weighted by Gasteiger charge is -2.37. The molecular weight excluding hydrogens is 190 g/mol. The highest BCUT2D eigenvalue weighted by Crippen LogP contribution is 2.13. The van der Waals surface area contributed by atoms with Gasteiger partial charge in [-0.05, 0) is 19.9 Å². The summed E-state index contributed by atoms with van der Waals surface area (Å²) in [6.07, 6.45) is 2.72. The van der Waals surface area contributed by atoms with E-state index in [1.165, 1.54) is 12.8 Å². The second-order valence-corrected chi connectivity index (χ2v) is 4.14. The Kier molecular flexibility index (Phi) is 3.38. The number of aryl methyl sites for hydroxylation is 1. The van der Waals surface area contributed by atoms with E-state index in [1.807, 2.05) is 6.92 Å². The minimum atomic E-state index is 0.682. The third kappa shape index (κ3) is 2.38. The summed E-state index contributed by atoms with van der Waals surface area (Å²) >= 11 is 0. The van der Waals surface area contributed by atoms with Crippen LogP contribution in [0.2, 0.25) is 0 Å². The van der Waals surface area contributed by atoms with Gasteiger partial charge in [-0.1, -0.05) is 6.92 Å². The van der Waals surface area contributed by atoms with Gasteiger partial charge in [0.15, 0.2) is 6.39 Å². The number of aromatic nitrogens is 1. The summed E-state index contributed by atoms with van der Waals surface area (Å²) < 4.78 is 5.22. The van der Waals surface area contributed by atoms with Gasteiger partial charge in [0, 0.05) is 25.7 Å². The zero-order valence-corrected chi connectivity index (χ0v) is 9.49. The number of hydrogen-bond donors (Lipinski definition) is 1. The number of oxazole rings is 1. The lowest BCUT2D eigenvalue weighted by atomic mass is 10.1. The maximum Gasteiger partial charge on any atom is 0.181 e. The lowest BCUT2D eigenvalue weighted by molar-refractivity contribution is 0.136. The Bertz CT molecular complexity index is 307. The topological polar surface area (TPSA) is 41.3 Å². The predicted octanol–water partition coefficient (Wildman–Crippen LogP) is 1.17. The van der Waals surface area contributed by atoms with Crippen LogP contribution in [0.4, 0.5) is 0 Å². The molecule has 2 rings (SSSR count). The zero-order chi connectivity index (χ0) is 10.7. The van der Waals surface area contributed by atoms with Gasteiger partial charge >= 0.3 is 0 Å². The van der Waals surface area contributed by atoms with E-state index in [0.717, 1.165) is 37.6 Å². The summed E-state index contributed by atoms with van der Waals surface area (Å²) in [6, 6.07) is 0.682. The summed E-state index contributed by atoms with van der Waals surface area (Å²) in [5.41, 5.74) is 1.08. The SMILES string of the molecule is CCCN(Cc1ncoc1C)C1CNC1. The Labute approximate surface area is 90.7 Å². The molecule has 1 aromatic rings.